The van der Waals surface area contributed by atoms with Crippen LogP contribution in [0.15, 0.2) is 0 Å². The second kappa shape index (κ2) is 4.53. The Labute approximate surface area is 89.2 Å². The van der Waals surface area contributed by atoms with Crippen molar-refractivity contribution in [3.63, 3.8) is 0 Å². The van der Waals surface area contributed by atoms with Gasteiger partial charge in [0.1, 0.15) is 0 Å². The summed E-state index contributed by atoms with van der Waals surface area (Å²) in [5.74, 6) is 2.35. The highest BCUT2D eigenvalue weighted by Gasteiger charge is 2.32. The van der Waals surface area contributed by atoms with Gasteiger partial charge in [-0.2, -0.15) is 11.8 Å². The van der Waals surface area contributed by atoms with E-state index in [9.17, 15) is 4.79 Å². The van der Waals surface area contributed by atoms with Gasteiger partial charge in [0.05, 0.1) is 5.92 Å². The van der Waals surface area contributed by atoms with Crippen LogP contribution in [0.25, 0.3) is 0 Å². The monoisotopic (exact) mass is 214 g/mol. The Morgan fingerprint density at radius 1 is 1.29 bits per heavy atom. The number of carbonyl (C=O) groups excluding carboxylic acids is 1. The van der Waals surface area contributed by atoms with Crippen molar-refractivity contribution in [2.45, 2.75) is 37.8 Å². The van der Waals surface area contributed by atoms with Crippen LogP contribution in [-0.2, 0) is 4.79 Å². The van der Waals surface area contributed by atoms with Crippen LogP contribution in [0.3, 0.4) is 0 Å². The number of thioether (sulfide) groups is 1. The van der Waals surface area contributed by atoms with Crippen molar-refractivity contribution in [2.24, 2.45) is 11.7 Å². The van der Waals surface area contributed by atoms with Gasteiger partial charge in [-0.15, -0.1) is 0 Å². The predicted octanol–water partition coefficient (Wildman–Crippen LogP) is 0.735. The molecule has 0 aromatic heterocycles. The second-order valence-corrected chi connectivity index (χ2v) is 5.38. The van der Waals surface area contributed by atoms with E-state index in [1.54, 1.807) is 0 Å². The SMILES string of the molecule is NC(=O)C1CCCCC1NC1CSC1. The van der Waals surface area contributed by atoms with Gasteiger partial charge in [0, 0.05) is 23.6 Å². The van der Waals surface area contributed by atoms with Crippen LogP contribution in [-0.4, -0.2) is 29.5 Å². The minimum atomic E-state index is -0.117. The zero-order valence-electron chi connectivity index (χ0n) is 8.37. The quantitative estimate of drug-likeness (QED) is 0.728. The summed E-state index contributed by atoms with van der Waals surface area (Å²) in [6, 6.07) is 0.983. The summed E-state index contributed by atoms with van der Waals surface area (Å²) in [6.07, 6.45) is 4.49. The highest BCUT2D eigenvalue weighted by Crippen LogP contribution is 2.27. The van der Waals surface area contributed by atoms with Crippen LogP contribution in [0.5, 0.6) is 0 Å². The van der Waals surface area contributed by atoms with Crippen LogP contribution in [0.1, 0.15) is 25.7 Å². The number of carbonyl (C=O) groups is 1. The van der Waals surface area contributed by atoms with Gasteiger partial charge in [0.15, 0.2) is 0 Å². The summed E-state index contributed by atoms with van der Waals surface area (Å²) in [5, 5.41) is 3.57. The molecule has 2 fully saturated rings. The zero-order chi connectivity index (χ0) is 9.97. The second-order valence-electron chi connectivity index (χ2n) is 4.30. The summed E-state index contributed by atoms with van der Waals surface area (Å²) < 4.78 is 0. The molecule has 4 heteroatoms. The molecule has 1 amide bonds. The van der Waals surface area contributed by atoms with Crippen molar-refractivity contribution in [1.29, 1.82) is 0 Å². The number of nitrogens with two attached hydrogens (primary N) is 1. The molecule has 2 aliphatic rings. The number of amides is 1. The standard InChI is InChI=1S/C10H18N2OS/c11-10(13)8-3-1-2-4-9(8)12-7-5-14-6-7/h7-9,12H,1-6H2,(H2,11,13). The van der Waals surface area contributed by atoms with Crippen molar-refractivity contribution in [3.05, 3.63) is 0 Å². The number of nitrogens with one attached hydrogen (secondary N) is 1. The number of hydrogen-bond acceptors (Lipinski definition) is 3. The van der Waals surface area contributed by atoms with E-state index in [0.29, 0.717) is 12.1 Å². The van der Waals surface area contributed by atoms with E-state index in [2.05, 4.69) is 5.32 Å². The van der Waals surface area contributed by atoms with Gasteiger partial charge in [-0.25, -0.2) is 0 Å². The smallest absolute Gasteiger partial charge is 0.222 e. The lowest BCUT2D eigenvalue weighted by Crippen LogP contribution is -2.52. The molecule has 2 unspecified atom stereocenters. The lowest BCUT2D eigenvalue weighted by Gasteiger charge is -2.36. The zero-order valence-corrected chi connectivity index (χ0v) is 9.19. The topological polar surface area (TPSA) is 55.1 Å². The molecule has 0 aromatic rings. The molecule has 14 heavy (non-hydrogen) atoms. The molecule has 2 atom stereocenters. The van der Waals surface area contributed by atoms with Crippen LogP contribution >= 0.6 is 11.8 Å². The molecule has 1 aliphatic carbocycles. The third kappa shape index (κ3) is 2.23. The third-order valence-electron chi connectivity index (χ3n) is 3.22. The highest BCUT2D eigenvalue weighted by molar-refractivity contribution is 8.00. The molecule has 80 valence electrons. The molecule has 0 radical (unpaired) electrons. The Bertz CT molecular complexity index is 218. The van der Waals surface area contributed by atoms with Crippen molar-refractivity contribution in [3.8, 4) is 0 Å². The number of rotatable bonds is 3. The minimum absolute atomic E-state index is 0.0781. The third-order valence-corrected chi connectivity index (χ3v) is 4.50. The molecule has 3 N–H and O–H groups in total. The van der Waals surface area contributed by atoms with E-state index in [4.69, 9.17) is 5.73 Å². The van der Waals surface area contributed by atoms with Crippen LogP contribution < -0.4 is 11.1 Å². The molecular formula is C10H18N2OS. The molecule has 1 heterocycles. The van der Waals surface area contributed by atoms with E-state index in [0.717, 1.165) is 19.3 Å². The molecule has 0 bridgehead atoms. The Hall–Kier alpha value is -0.220. The first kappa shape index (κ1) is 10.3. The van der Waals surface area contributed by atoms with E-state index < -0.39 is 0 Å². The van der Waals surface area contributed by atoms with Crippen LogP contribution in [0.4, 0.5) is 0 Å². The highest BCUT2D eigenvalue weighted by atomic mass is 32.2. The summed E-state index contributed by atoms with van der Waals surface area (Å²) >= 11 is 1.96. The maximum atomic E-state index is 11.2. The lowest BCUT2D eigenvalue weighted by atomic mass is 9.83. The first-order valence-electron chi connectivity index (χ1n) is 5.40. The molecule has 1 saturated carbocycles. The summed E-state index contributed by atoms with van der Waals surface area (Å²) in [7, 11) is 0. The maximum absolute atomic E-state index is 11.2. The van der Waals surface area contributed by atoms with Crippen LogP contribution in [0.2, 0.25) is 0 Å². The fourth-order valence-corrected chi connectivity index (χ4v) is 2.97. The molecule has 0 spiro atoms. The lowest BCUT2D eigenvalue weighted by molar-refractivity contribution is -0.123. The van der Waals surface area contributed by atoms with Gasteiger partial charge in [0.25, 0.3) is 0 Å². The molecule has 3 nitrogen and oxygen atoms in total. The van der Waals surface area contributed by atoms with Gasteiger partial charge < -0.3 is 11.1 Å². The van der Waals surface area contributed by atoms with Crippen molar-refractivity contribution in [1.82, 2.24) is 5.32 Å². The van der Waals surface area contributed by atoms with Crippen molar-refractivity contribution >= 4 is 17.7 Å². The molecule has 0 aromatic carbocycles. The molecule has 1 aliphatic heterocycles. The Morgan fingerprint density at radius 2 is 2.00 bits per heavy atom. The Balaban J connectivity index is 1.88. The van der Waals surface area contributed by atoms with Gasteiger partial charge in [-0.05, 0) is 12.8 Å². The molecule has 2 rings (SSSR count). The largest absolute Gasteiger partial charge is 0.369 e. The summed E-state index contributed by atoms with van der Waals surface area (Å²) in [6.45, 7) is 0. The predicted molar refractivity (Wildman–Crippen MR) is 59.2 cm³/mol. The fraction of sp³-hybridized carbons (Fsp3) is 0.900. The minimum Gasteiger partial charge on any atom is -0.369 e. The first-order chi connectivity index (χ1) is 6.77. The van der Waals surface area contributed by atoms with E-state index in [1.807, 2.05) is 11.8 Å². The number of hydrogen-bond donors (Lipinski definition) is 2. The average molecular weight is 214 g/mol. The first-order valence-corrected chi connectivity index (χ1v) is 6.56. The Kier molecular flexibility index (Phi) is 3.34. The van der Waals surface area contributed by atoms with Crippen LogP contribution in [0, 0.1) is 5.92 Å². The van der Waals surface area contributed by atoms with E-state index in [-0.39, 0.29) is 11.8 Å². The van der Waals surface area contributed by atoms with Crippen molar-refractivity contribution in [2.75, 3.05) is 11.5 Å². The fourth-order valence-electron chi connectivity index (χ4n) is 2.31. The number of primary amides is 1. The summed E-state index contributed by atoms with van der Waals surface area (Å²) in [5.41, 5.74) is 5.41. The normalized spacial score (nSPS) is 33.7. The van der Waals surface area contributed by atoms with Crippen molar-refractivity contribution < 1.29 is 4.79 Å². The molecule has 1 saturated heterocycles. The van der Waals surface area contributed by atoms with Gasteiger partial charge >= 0.3 is 0 Å². The van der Waals surface area contributed by atoms with E-state index in [1.165, 1.54) is 17.9 Å². The van der Waals surface area contributed by atoms with E-state index >= 15 is 0 Å². The van der Waals surface area contributed by atoms with Gasteiger partial charge in [-0.1, -0.05) is 12.8 Å². The molecular weight excluding hydrogens is 196 g/mol. The Morgan fingerprint density at radius 3 is 2.57 bits per heavy atom. The van der Waals surface area contributed by atoms with Gasteiger partial charge in [-0.3, -0.25) is 4.79 Å². The average Bonchev–Trinajstić information content (AvgIpc) is 2.12. The maximum Gasteiger partial charge on any atom is 0.222 e. The van der Waals surface area contributed by atoms with Gasteiger partial charge in [0.2, 0.25) is 5.91 Å². The summed E-state index contributed by atoms with van der Waals surface area (Å²) in [4.78, 5) is 11.2.